The van der Waals surface area contributed by atoms with E-state index in [1.807, 2.05) is 59.5 Å². The summed E-state index contributed by atoms with van der Waals surface area (Å²) in [7, 11) is 0. The summed E-state index contributed by atoms with van der Waals surface area (Å²) in [6.45, 7) is 3.67. The number of carbonyl (C=O) groups is 2. The summed E-state index contributed by atoms with van der Waals surface area (Å²) in [6.07, 6.45) is 1.93. The SMILES string of the molecule is Cc1nnc(SCC(=O)N2CCC[C@H](CNC(=O)c3ccc(-c4ccccc4)cc3)C2)o1. The molecule has 4 rings (SSSR count). The molecule has 1 aliphatic rings. The van der Waals surface area contributed by atoms with Gasteiger partial charge in [-0.1, -0.05) is 54.2 Å². The lowest BCUT2D eigenvalue weighted by Gasteiger charge is -2.32. The molecule has 1 fully saturated rings. The molecule has 0 aliphatic carbocycles. The van der Waals surface area contributed by atoms with Crippen LogP contribution < -0.4 is 5.32 Å². The fraction of sp³-hybridized carbons (Fsp3) is 0.333. The fourth-order valence-electron chi connectivity index (χ4n) is 3.79. The van der Waals surface area contributed by atoms with Crippen LogP contribution in [0.3, 0.4) is 0 Å². The van der Waals surface area contributed by atoms with Crippen LogP contribution in [0, 0.1) is 12.8 Å². The lowest BCUT2D eigenvalue weighted by atomic mass is 9.97. The van der Waals surface area contributed by atoms with Crippen LogP contribution in [0.1, 0.15) is 29.1 Å². The number of nitrogens with zero attached hydrogens (tertiary/aromatic N) is 3. The minimum Gasteiger partial charge on any atom is -0.416 e. The number of hydrogen-bond donors (Lipinski definition) is 1. The molecule has 0 radical (unpaired) electrons. The molecule has 2 heterocycles. The van der Waals surface area contributed by atoms with E-state index in [0.29, 0.717) is 29.8 Å². The van der Waals surface area contributed by atoms with Crippen LogP contribution in [0.25, 0.3) is 11.1 Å². The van der Waals surface area contributed by atoms with Crippen molar-refractivity contribution in [2.24, 2.45) is 5.92 Å². The van der Waals surface area contributed by atoms with E-state index in [0.717, 1.165) is 30.5 Å². The molecule has 2 aromatic carbocycles. The Hall–Kier alpha value is -3.13. The molecule has 1 saturated heterocycles. The van der Waals surface area contributed by atoms with Crippen LogP contribution in [-0.2, 0) is 4.79 Å². The second-order valence-electron chi connectivity index (χ2n) is 7.88. The van der Waals surface area contributed by atoms with E-state index < -0.39 is 0 Å². The van der Waals surface area contributed by atoms with E-state index in [1.165, 1.54) is 11.8 Å². The van der Waals surface area contributed by atoms with Crippen molar-refractivity contribution in [1.82, 2.24) is 20.4 Å². The third-order valence-corrected chi connectivity index (χ3v) is 6.31. The Balaban J connectivity index is 1.25. The van der Waals surface area contributed by atoms with E-state index in [4.69, 9.17) is 4.42 Å². The van der Waals surface area contributed by atoms with Gasteiger partial charge in [0.15, 0.2) is 0 Å². The minimum absolute atomic E-state index is 0.0541. The summed E-state index contributed by atoms with van der Waals surface area (Å²) in [6, 6.07) is 17.7. The smallest absolute Gasteiger partial charge is 0.277 e. The zero-order valence-corrected chi connectivity index (χ0v) is 18.8. The number of benzene rings is 2. The Morgan fingerprint density at radius 1 is 1.09 bits per heavy atom. The molecular formula is C24H26N4O3S. The van der Waals surface area contributed by atoms with Crippen molar-refractivity contribution >= 4 is 23.6 Å². The predicted octanol–water partition coefficient (Wildman–Crippen LogP) is 3.81. The summed E-state index contributed by atoms with van der Waals surface area (Å²) in [5, 5.41) is 11.1. The number of amides is 2. The van der Waals surface area contributed by atoms with Crippen molar-refractivity contribution in [1.29, 1.82) is 0 Å². The van der Waals surface area contributed by atoms with Gasteiger partial charge in [-0.25, -0.2) is 0 Å². The Morgan fingerprint density at radius 2 is 1.84 bits per heavy atom. The average Bonchev–Trinajstić information content (AvgIpc) is 3.27. The van der Waals surface area contributed by atoms with E-state index in [-0.39, 0.29) is 23.5 Å². The first-order valence-electron chi connectivity index (χ1n) is 10.7. The molecule has 166 valence electrons. The number of carbonyl (C=O) groups excluding carboxylic acids is 2. The van der Waals surface area contributed by atoms with Crippen LogP contribution in [0.5, 0.6) is 0 Å². The third kappa shape index (κ3) is 5.76. The number of aryl methyl sites for hydroxylation is 1. The van der Waals surface area contributed by atoms with Gasteiger partial charge >= 0.3 is 0 Å². The van der Waals surface area contributed by atoms with Gasteiger partial charge in [-0.3, -0.25) is 9.59 Å². The van der Waals surface area contributed by atoms with Crippen molar-refractivity contribution in [2.75, 3.05) is 25.4 Å². The van der Waals surface area contributed by atoms with Gasteiger partial charge in [0.25, 0.3) is 11.1 Å². The Morgan fingerprint density at radius 3 is 2.56 bits per heavy atom. The number of thioether (sulfide) groups is 1. The van der Waals surface area contributed by atoms with Gasteiger partial charge in [-0.15, -0.1) is 10.2 Å². The molecule has 0 unspecified atom stereocenters. The Labute approximate surface area is 191 Å². The highest BCUT2D eigenvalue weighted by molar-refractivity contribution is 7.99. The number of aromatic nitrogens is 2. The van der Waals surface area contributed by atoms with Crippen molar-refractivity contribution in [3.63, 3.8) is 0 Å². The van der Waals surface area contributed by atoms with E-state index >= 15 is 0 Å². The topological polar surface area (TPSA) is 88.3 Å². The third-order valence-electron chi connectivity index (χ3n) is 5.50. The number of likely N-dealkylation sites (tertiary alicyclic amines) is 1. The molecule has 1 aromatic heterocycles. The molecule has 0 spiro atoms. The Bertz CT molecular complexity index is 1050. The molecule has 8 heteroatoms. The van der Waals surface area contributed by atoms with Gasteiger partial charge in [-0.05, 0) is 42.0 Å². The normalized spacial score (nSPS) is 16.0. The highest BCUT2D eigenvalue weighted by Crippen LogP contribution is 2.21. The highest BCUT2D eigenvalue weighted by Gasteiger charge is 2.24. The van der Waals surface area contributed by atoms with Gasteiger partial charge < -0.3 is 14.6 Å². The van der Waals surface area contributed by atoms with Crippen LogP contribution >= 0.6 is 11.8 Å². The van der Waals surface area contributed by atoms with Crippen molar-refractivity contribution < 1.29 is 14.0 Å². The van der Waals surface area contributed by atoms with Gasteiger partial charge in [0.1, 0.15) is 0 Å². The highest BCUT2D eigenvalue weighted by atomic mass is 32.2. The lowest BCUT2D eigenvalue weighted by molar-refractivity contribution is -0.130. The zero-order chi connectivity index (χ0) is 22.3. The summed E-state index contributed by atoms with van der Waals surface area (Å²) >= 11 is 1.26. The van der Waals surface area contributed by atoms with Crippen LogP contribution in [0.4, 0.5) is 0 Å². The maximum atomic E-state index is 12.6. The Kier molecular flexibility index (Phi) is 7.21. The van der Waals surface area contributed by atoms with Gasteiger partial charge in [0.05, 0.1) is 5.75 Å². The second kappa shape index (κ2) is 10.5. The summed E-state index contributed by atoms with van der Waals surface area (Å²) in [4.78, 5) is 27.0. The molecule has 3 aromatic rings. The fourth-order valence-corrected chi connectivity index (χ4v) is 4.50. The number of nitrogens with one attached hydrogen (secondary N) is 1. The first-order valence-corrected chi connectivity index (χ1v) is 11.7. The van der Waals surface area contributed by atoms with Crippen molar-refractivity contribution in [3.05, 3.63) is 66.1 Å². The molecule has 0 saturated carbocycles. The predicted molar refractivity (Wildman–Crippen MR) is 123 cm³/mol. The lowest BCUT2D eigenvalue weighted by Crippen LogP contribution is -2.44. The summed E-state index contributed by atoms with van der Waals surface area (Å²) in [5.41, 5.74) is 2.84. The first kappa shape index (κ1) is 22.1. The van der Waals surface area contributed by atoms with Crippen molar-refractivity contribution in [2.45, 2.75) is 25.0 Å². The van der Waals surface area contributed by atoms with E-state index in [9.17, 15) is 9.59 Å². The maximum absolute atomic E-state index is 12.6. The van der Waals surface area contributed by atoms with Gasteiger partial charge in [0, 0.05) is 32.1 Å². The average molecular weight is 451 g/mol. The molecule has 1 atom stereocenters. The van der Waals surface area contributed by atoms with Crippen molar-refractivity contribution in [3.8, 4) is 11.1 Å². The number of piperidine rings is 1. The molecule has 7 nitrogen and oxygen atoms in total. The second-order valence-corrected chi connectivity index (χ2v) is 8.80. The molecular weight excluding hydrogens is 424 g/mol. The summed E-state index contributed by atoms with van der Waals surface area (Å²) in [5.74, 6) is 0.974. The van der Waals surface area contributed by atoms with E-state index in [2.05, 4.69) is 15.5 Å². The number of rotatable bonds is 7. The summed E-state index contributed by atoms with van der Waals surface area (Å²) < 4.78 is 5.30. The largest absolute Gasteiger partial charge is 0.416 e. The van der Waals surface area contributed by atoms with Gasteiger partial charge in [0.2, 0.25) is 11.8 Å². The van der Waals surface area contributed by atoms with E-state index in [1.54, 1.807) is 6.92 Å². The molecule has 2 amide bonds. The van der Waals surface area contributed by atoms with Crippen LogP contribution in [0.15, 0.2) is 64.2 Å². The van der Waals surface area contributed by atoms with Gasteiger partial charge in [-0.2, -0.15) is 0 Å². The van der Waals surface area contributed by atoms with Crippen LogP contribution in [0.2, 0.25) is 0 Å². The molecule has 32 heavy (non-hydrogen) atoms. The molecule has 1 aliphatic heterocycles. The maximum Gasteiger partial charge on any atom is 0.277 e. The monoisotopic (exact) mass is 450 g/mol. The zero-order valence-electron chi connectivity index (χ0n) is 18.0. The number of hydrogen-bond acceptors (Lipinski definition) is 6. The first-order chi connectivity index (χ1) is 15.6. The minimum atomic E-state index is -0.0876. The quantitative estimate of drug-likeness (QED) is 0.551. The standard InChI is InChI=1S/C24H26N4O3S/c1-17-26-27-24(31-17)32-16-22(29)28-13-5-6-18(15-28)14-25-23(30)21-11-9-20(10-12-21)19-7-3-2-4-8-19/h2-4,7-12,18H,5-6,13-16H2,1H3,(H,25,30)/t18-/m1/s1. The molecule has 0 bridgehead atoms. The molecule has 1 N–H and O–H groups in total. The van der Waals surface area contributed by atoms with Crippen LogP contribution in [-0.4, -0.2) is 52.3 Å².